The van der Waals surface area contributed by atoms with E-state index in [0.29, 0.717) is 42.0 Å². The van der Waals surface area contributed by atoms with Crippen molar-refractivity contribution >= 4 is 16.6 Å². The molecule has 0 radical (unpaired) electrons. The van der Waals surface area contributed by atoms with Crippen molar-refractivity contribution in [3.63, 3.8) is 0 Å². The number of rotatable bonds is 7. The number of aromatic nitrogens is 1. The van der Waals surface area contributed by atoms with E-state index in [1.165, 1.54) is 18.4 Å². The fraction of sp³-hybridized carbons (Fsp3) is 0.250. The van der Waals surface area contributed by atoms with E-state index in [0.717, 1.165) is 5.69 Å². The molecule has 3 aromatic rings. The zero-order chi connectivity index (χ0) is 16.2. The number of aromatic amines is 1. The highest BCUT2D eigenvalue weighted by Gasteiger charge is 2.16. The molecule has 3 rings (SSSR count). The second kappa shape index (κ2) is 6.72. The number of halogens is 1. The molecule has 0 bridgehead atoms. The normalized spacial score (nSPS) is 11.2. The number of anilines is 1. The summed E-state index contributed by atoms with van der Waals surface area (Å²) in [7, 11) is 0. The van der Waals surface area contributed by atoms with Gasteiger partial charge in [0.15, 0.2) is 0 Å². The van der Waals surface area contributed by atoms with Gasteiger partial charge in [0.25, 0.3) is 0 Å². The van der Waals surface area contributed by atoms with Gasteiger partial charge >= 0.3 is 0 Å². The average molecular weight is 320 g/mol. The van der Waals surface area contributed by atoms with Gasteiger partial charge in [0, 0.05) is 18.0 Å². The fourth-order valence-electron chi connectivity index (χ4n) is 2.40. The van der Waals surface area contributed by atoms with E-state index in [9.17, 15) is 9.50 Å². The first kappa shape index (κ1) is 15.4. The molecular formula is C16H17FN2O4. The number of aliphatic hydroxyl groups is 1. The molecule has 0 saturated carbocycles. The Bertz CT molecular complexity index is 797. The summed E-state index contributed by atoms with van der Waals surface area (Å²) in [5.74, 6) is 0.0203. The molecular weight excluding hydrogens is 303 g/mol. The third-order valence-electron chi connectivity index (χ3n) is 3.40. The summed E-state index contributed by atoms with van der Waals surface area (Å²) in [6.07, 6.45) is 1.53. The smallest absolute Gasteiger partial charge is 0.200 e. The summed E-state index contributed by atoms with van der Waals surface area (Å²) in [5, 5.41) is 22.5. The topological polar surface area (TPSA) is 90.7 Å². The van der Waals surface area contributed by atoms with Crippen LogP contribution in [0.25, 0.3) is 22.2 Å². The Morgan fingerprint density at radius 3 is 2.96 bits per heavy atom. The molecule has 0 fully saturated rings. The Balaban J connectivity index is 1.76. The molecule has 1 aromatic carbocycles. The molecule has 0 aliphatic rings. The summed E-state index contributed by atoms with van der Waals surface area (Å²) in [5.41, 5.74) is 1.73. The van der Waals surface area contributed by atoms with Crippen LogP contribution in [0.5, 0.6) is 5.88 Å². The van der Waals surface area contributed by atoms with Crippen LogP contribution in [0.2, 0.25) is 0 Å². The fourth-order valence-corrected chi connectivity index (χ4v) is 2.40. The van der Waals surface area contributed by atoms with Crippen LogP contribution in [0.15, 0.2) is 34.9 Å². The number of furan rings is 1. The van der Waals surface area contributed by atoms with Crippen molar-refractivity contribution in [2.75, 3.05) is 31.7 Å². The highest BCUT2D eigenvalue weighted by molar-refractivity contribution is 5.98. The van der Waals surface area contributed by atoms with Crippen molar-refractivity contribution in [3.05, 3.63) is 36.3 Å². The van der Waals surface area contributed by atoms with Crippen molar-refractivity contribution < 1.29 is 23.8 Å². The van der Waals surface area contributed by atoms with E-state index in [4.69, 9.17) is 14.3 Å². The van der Waals surface area contributed by atoms with Crippen molar-refractivity contribution in [3.8, 4) is 17.2 Å². The van der Waals surface area contributed by atoms with Gasteiger partial charge in [0.2, 0.25) is 5.88 Å². The maximum Gasteiger partial charge on any atom is 0.200 e. The number of aromatic hydroxyl groups is 1. The second-order valence-corrected chi connectivity index (χ2v) is 5.00. The van der Waals surface area contributed by atoms with Gasteiger partial charge in [-0.3, -0.25) is 0 Å². The number of hydrogen-bond acceptors (Lipinski definition) is 5. The molecule has 0 amide bonds. The maximum atomic E-state index is 13.2. The van der Waals surface area contributed by atoms with E-state index in [-0.39, 0.29) is 18.3 Å². The lowest BCUT2D eigenvalue weighted by molar-refractivity contribution is 0.0992. The number of ether oxygens (including phenoxy) is 1. The molecule has 4 N–H and O–H groups in total. The van der Waals surface area contributed by atoms with Crippen LogP contribution in [0.4, 0.5) is 10.1 Å². The third kappa shape index (κ3) is 3.30. The van der Waals surface area contributed by atoms with Gasteiger partial charge in [-0.1, -0.05) is 0 Å². The lowest BCUT2D eigenvalue weighted by Gasteiger charge is -2.03. The van der Waals surface area contributed by atoms with E-state index in [1.807, 2.05) is 0 Å². The molecule has 0 spiro atoms. The summed E-state index contributed by atoms with van der Waals surface area (Å²) in [4.78, 5) is 2.73. The van der Waals surface area contributed by atoms with Gasteiger partial charge in [-0.2, -0.15) is 0 Å². The van der Waals surface area contributed by atoms with Crippen LogP contribution in [0.1, 0.15) is 0 Å². The highest BCUT2D eigenvalue weighted by atomic mass is 19.1. The molecule has 0 saturated heterocycles. The van der Waals surface area contributed by atoms with Crippen LogP contribution < -0.4 is 5.32 Å². The van der Waals surface area contributed by atoms with Gasteiger partial charge in [-0.15, -0.1) is 0 Å². The average Bonchev–Trinajstić information content (AvgIpc) is 3.10. The van der Waals surface area contributed by atoms with E-state index < -0.39 is 0 Å². The van der Waals surface area contributed by atoms with Crippen molar-refractivity contribution in [2.24, 2.45) is 0 Å². The number of H-pyrrole nitrogens is 1. The standard InChI is InChI=1S/C16H17FN2O4/c17-10-1-2-12-13(7-10)19-16(21)15(12)14-8-11(9-23-14)18-3-5-22-6-4-20/h1-2,7-9,18-21H,3-6H2. The molecule has 2 heterocycles. The van der Waals surface area contributed by atoms with Crippen molar-refractivity contribution in [1.82, 2.24) is 4.98 Å². The van der Waals surface area contributed by atoms with E-state index in [1.54, 1.807) is 12.1 Å². The number of hydrogen-bond donors (Lipinski definition) is 4. The maximum absolute atomic E-state index is 13.2. The Morgan fingerprint density at radius 1 is 1.26 bits per heavy atom. The van der Waals surface area contributed by atoms with Crippen molar-refractivity contribution in [1.29, 1.82) is 0 Å². The zero-order valence-corrected chi connectivity index (χ0v) is 12.3. The molecule has 6 nitrogen and oxygen atoms in total. The minimum absolute atomic E-state index is 0.00368. The lowest BCUT2D eigenvalue weighted by Crippen LogP contribution is -2.10. The number of nitrogens with one attached hydrogen (secondary N) is 2. The van der Waals surface area contributed by atoms with Crippen LogP contribution in [0.3, 0.4) is 0 Å². The highest BCUT2D eigenvalue weighted by Crippen LogP contribution is 2.38. The second-order valence-electron chi connectivity index (χ2n) is 5.00. The molecule has 23 heavy (non-hydrogen) atoms. The van der Waals surface area contributed by atoms with Gasteiger partial charge in [0.1, 0.15) is 17.8 Å². The molecule has 2 aromatic heterocycles. The molecule has 0 unspecified atom stereocenters. The summed E-state index contributed by atoms with van der Waals surface area (Å²) in [6, 6.07) is 5.99. The predicted octanol–water partition coefficient (Wildman–Crippen LogP) is 2.69. The first-order chi connectivity index (χ1) is 11.2. The summed E-state index contributed by atoms with van der Waals surface area (Å²) >= 11 is 0. The third-order valence-corrected chi connectivity index (χ3v) is 3.40. The number of fused-ring (bicyclic) bond motifs is 1. The largest absolute Gasteiger partial charge is 0.494 e. The molecule has 7 heteroatoms. The van der Waals surface area contributed by atoms with Crippen LogP contribution in [-0.4, -0.2) is 41.6 Å². The first-order valence-corrected chi connectivity index (χ1v) is 7.20. The Hall–Kier alpha value is -2.51. The molecule has 0 aliphatic heterocycles. The SMILES string of the molecule is OCCOCCNc1coc(-c2c(O)[nH]c3cc(F)ccc23)c1. The Kier molecular flexibility index (Phi) is 4.50. The van der Waals surface area contributed by atoms with Gasteiger partial charge < -0.3 is 29.7 Å². The van der Waals surface area contributed by atoms with Crippen LogP contribution in [0, 0.1) is 5.82 Å². The first-order valence-electron chi connectivity index (χ1n) is 7.20. The quantitative estimate of drug-likeness (QED) is 0.503. The Labute approximate surface area is 131 Å². The zero-order valence-electron chi connectivity index (χ0n) is 12.3. The van der Waals surface area contributed by atoms with Gasteiger partial charge in [-0.25, -0.2) is 4.39 Å². The minimum Gasteiger partial charge on any atom is -0.494 e. The van der Waals surface area contributed by atoms with Crippen molar-refractivity contribution in [2.45, 2.75) is 0 Å². The lowest BCUT2D eigenvalue weighted by atomic mass is 10.1. The molecule has 122 valence electrons. The van der Waals surface area contributed by atoms with E-state index in [2.05, 4.69) is 10.3 Å². The van der Waals surface area contributed by atoms with Gasteiger partial charge in [-0.05, 0) is 18.2 Å². The monoisotopic (exact) mass is 320 g/mol. The summed E-state index contributed by atoms with van der Waals surface area (Å²) < 4.78 is 23.9. The minimum atomic E-state index is -0.380. The molecule has 0 aliphatic carbocycles. The Morgan fingerprint density at radius 2 is 2.13 bits per heavy atom. The summed E-state index contributed by atoms with van der Waals surface area (Å²) in [6.45, 7) is 1.32. The number of aliphatic hydroxyl groups excluding tert-OH is 1. The van der Waals surface area contributed by atoms with Crippen LogP contribution in [-0.2, 0) is 4.74 Å². The van der Waals surface area contributed by atoms with E-state index >= 15 is 0 Å². The predicted molar refractivity (Wildman–Crippen MR) is 84.0 cm³/mol. The number of benzene rings is 1. The van der Waals surface area contributed by atoms with Gasteiger partial charge in [0.05, 0.1) is 36.6 Å². The molecule has 0 atom stereocenters. The van der Waals surface area contributed by atoms with Crippen LogP contribution >= 0.6 is 0 Å².